The maximum absolute atomic E-state index is 12.6. The predicted octanol–water partition coefficient (Wildman–Crippen LogP) is 2.32. The average molecular weight is 344 g/mol. The normalized spacial score (nSPS) is 16.3. The van der Waals surface area contributed by atoms with E-state index in [1.54, 1.807) is 6.92 Å². The van der Waals surface area contributed by atoms with Gasteiger partial charge in [0.05, 0.1) is 12.6 Å². The highest BCUT2D eigenvalue weighted by molar-refractivity contribution is 5.83. The standard InChI is InChI=1S/C20H28N2O3/c1-3-25-20(24)18(13-12-17-10-6-4-7-11-17)21-16(2)19(23)22-14-8-5-9-15-22/h4-8,10-11,16,18,21H,3,9,12-15H2,1-2H3/t16-,18-/m0/s1. The summed E-state index contributed by atoms with van der Waals surface area (Å²) in [7, 11) is 0. The fourth-order valence-electron chi connectivity index (χ4n) is 2.96. The number of carbonyl (C=O) groups is 2. The number of hydrogen-bond donors (Lipinski definition) is 1. The minimum Gasteiger partial charge on any atom is -0.465 e. The third-order valence-electron chi connectivity index (χ3n) is 4.33. The van der Waals surface area contributed by atoms with E-state index in [1.165, 1.54) is 5.56 Å². The molecule has 0 radical (unpaired) electrons. The summed E-state index contributed by atoms with van der Waals surface area (Å²) >= 11 is 0. The summed E-state index contributed by atoms with van der Waals surface area (Å²) in [5.74, 6) is -0.269. The van der Waals surface area contributed by atoms with Crippen molar-refractivity contribution < 1.29 is 14.3 Å². The van der Waals surface area contributed by atoms with Crippen LogP contribution in [-0.4, -0.2) is 48.6 Å². The van der Waals surface area contributed by atoms with Crippen molar-refractivity contribution in [2.24, 2.45) is 0 Å². The maximum atomic E-state index is 12.6. The first-order valence-electron chi connectivity index (χ1n) is 9.02. The Kier molecular flexibility index (Phi) is 7.67. The lowest BCUT2D eigenvalue weighted by atomic mass is 10.0. The average Bonchev–Trinajstić information content (AvgIpc) is 2.66. The Labute approximate surface area is 150 Å². The molecule has 2 rings (SSSR count). The molecule has 1 aliphatic rings. The quantitative estimate of drug-likeness (QED) is 0.581. The number of amides is 1. The van der Waals surface area contributed by atoms with Gasteiger partial charge >= 0.3 is 5.97 Å². The van der Waals surface area contributed by atoms with E-state index in [1.807, 2.05) is 48.2 Å². The lowest BCUT2D eigenvalue weighted by molar-refractivity contribution is -0.146. The molecule has 0 saturated carbocycles. The summed E-state index contributed by atoms with van der Waals surface area (Å²) < 4.78 is 5.18. The van der Waals surface area contributed by atoms with E-state index in [-0.39, 0.29) is 11.9 Å². The predicted molar refractivity (Wildman–Crippen MR) is 98.1 cm³/mol. The second-order valence-electron chi connectivity index (χ2n) is 6.26. The monoisotopic (exact) mass is 344 g/mol. The molecule has 2 atom stereocenters. The second-order valence-corrected chi connectivity index (χ2v) is 6.26. The van der Waals surface area contributed by atoms with Crippen molar-refractivity contribution in [3.63, 3.8) is 0 Å². The highest BCUT2D eigenvalue weighted by Crippen LogP contribution is 2.09. The van der Waals surface area contributed by atoms with Crippen molar-refractivity contribution in [1.82, 2.24) is 10.2 Å². The highest BCUT2D eigenvalue weighted by Gasteiger charge is 2.27. The van der Waals surface area contributed by atoms with Gasteiger partial charge in [-0.15, -0.1) is 0 Å². The lowest BCUT2D eigenvalue weighted by Gasteiger charge is -2.28. The minimum absolute atomic E-state index is 0.0263. The molecule has 5 nitrogen and oxygen atoms in total. The van der Waals surface area contributed by atoms with E-state index < -0.39 is 12.1 Å². The number of aryl methyl sites for hydroxylation is 1. The molecule has 5 heteroatoms. The number of benzene rings is 1. The van der Waals surface area contributed by atoms with Gasteiger partial charge in [0.25, 0.3) is 0 Å². The van der Waals surface area contributed by atoms with E-state index in [9.17, 15) is 9.59 Å². The molecular formula is C20H28N2O3. The van der Waals surface area contributed by atoms with Crippen LogP contribution in [0.25, 0.3) is 0 Å². The Bertz CT molecular complexity index is 586. The summed E-state index contributed by atoms with van der Waals surface area (Å²) in [6.45, 7) is 5.31. The molecule has 1 N–H and O–H groups in total. The molecule has 1 heterocycles. The molecule has 0 aromatic heterocycles. The Balaban J connectivity index is 1.95. The van der Waals surface area contributed by atoms with Gasteiger partial charge in [-0.1, -0.05) is 42.5 Å². The van der Waals surface area contributed by atoms with Crippen LogP contribution in [0.3, 0.4) is 0 Å². The van der Waals surface area contributed by atoms with Gasteiger partial charge in [-0.25, -0.2) is 0 Å². The zero-order valence-corrected chi connectivity index (χ0v) is 15.1. The van der Waals surface area contributed by atoms with Gasteiger partial charge in [-0.2, -0.15) is 0 Å². The topological polar surface area (TPSA) is 58.6 Å². The summed E-state index contributed by atoms with van der Waals surface area (Å²) in [5, 5.41) is 3.18. The van der Waals surface area contributed by atoms with E-state index in [2.05, 4.69) is 11.4 Å². The molecule has 25 heavy (non-hydrogen) atoms. The summed E-state index contributed by atoms with van der Waals surface area (Å²) in [5.41, 5.74) is 1.17. The third-order valence-corrected chi connectivity index (χ3v) is 4.33. The van der Waals surface area contributed by atoms with Crippen LogP contribution in [-0.2, 0) is 20.7 Å². The minimum atomic E-state index is -0.487. The summed E-state index contributed by atoms with van der Waals surface area (Å²) in [6, 6.07) is 9.11. The van der Waals surface area contributed by atoms with E-state index in [0.717, 1.165) is 19.4 Å². The van der Waals surface area contributed by atoms with Gasteiger partial charge in [0.2, 0.25) is 5.91 Å². The van der Waals surface area contributed by atoms with Crippen molar-refractivity contribution in [3.8, 4) is 0 Å². The zero-order valence-electron chi connectivity index (χ0n) is 15.1. The number of hydrogen-bond acceptors (Lipinski definition) is 4. The lowest BCUT2D eigenvalue weighted by Crippen LogP contribution is -2.51. The van der Waals surface area contributed by atoms with Crippen LogP contribution in [0.1, 0.15) is 32.3 Å². The molecular weight excluding hydrogens is 316 g/mol. The molecule has 1 aromatic rings. The van der Waals surface area contributed by atoms with Gasteiger partial charge in [-0.05, 0) is 38.7 Å². The summed E-state index contributed by atoms with van der Waals surface area (Å²) in [6.07, 6.45) is 6.33. The number of ether oxygens (including phenoxy) is 1. The fraction of sp³-hybridized carbons (Fsp3) is 0.500. The van der Waals surface area contributed by atoms with Crippen molar-refractivity contribution in [1.29, 1.82) is 0 Å². The maximum Gasteiger partial charge on any atom is 0.323 e. The Morgan fingerprint density at radius 3 is 2.64 bits per heavy atom. The van der Waals surface area contributed by atoms with E-state index >= 15 is 0 Å². The molecule has 0 saturated heterocycles. The number of esters is 1. The largest absolute Gasteiger partial charge is 0.465 e. The Hall–Kier alpha value is -2.14. The van der Waals surface area contributed by atoms with E-state index in [0.29, 0.717) is 19.6 Å². The number of rotatable bonds is 8. The van der Waals surface area contributed by atoms with E-state index in [4.69, 9.17) is 4.74 Å². The second kappa shape index (κ2) is 9.99. The number of nitrogens with zero attached hydrogens (tertiary/aromatic N) is 1. The Morgan fingerprint density at radius 2 is 2.00 bits per heavy atom. The molecule has 136 valence electrons. The van der Waals surface area contributed by atoms with Gasteiger partial charge in [0, 0.05) is 13.1 Å². The van der Waals surface area contributed by atoms with Crippen LogP contribution in [0.5, 0.6) is 0 Å². The molecule has 1 amide bonds. The van der Waals surface area contributed by atoms with Crippen molar-refractivity contribution in [2.75, 3.05) is 19.7 Å². The van der Waals surface area contributed by atoms with Gasteiger partial charge in [0.15, 0.2) is 0 Å². The zero-order chi connectivity index (χ0) is 18.1. The molecule has 0 fully saturated rings. The number of nitrogens with one attached hydrogen (secondary N) is 1. The molecule has 1 aromatic carbocycles. The van der Waals surface area contributed by atoms with Gasteiger partial charge < -0.3 is 9.64 Å². The van der Waals surface area contributed by atoms with Gasteiger partial charge in [0.1, 0.15) is 6.04 Å². The molecule has 0 aliphatic carbocycles. The summed E-state index contributed by atoms with van der Waals surface area (Å²) in [4.78, 5) is 26.7. The molecule has 1 aliphatic heterocycles. The fourth-order valence-corrected chi connectivity index (χ4v) is 2.96. The Morgan fingerprint density at radius 1 is 1.24 bits per heavy atom. The van der Waals surface area contributed by atoms with Crippen LogP contribution in [0, 0.1) is 0 Å². The molecule has 0 unspecified atom stereocenters. The first kappa shape index (κ1) is 19.2. The first-order chi connectivity index (χ1) is 12.1. The first-order valence-corrected chi connectivity index (χ1v) is 9.02. The van der Waals surface area contributed by atoms with Gasteiger partial charge in [-0.3, -0.25) is 14.9 Å². The van der Waals surface area contributed by atoms with Crippen LogP contribution in [0.2, 0.25) is 0 Å². The smallest absolute Gasteiger partial charge is 0.323 e. The molecule has 0 bridgehead atoms. The SMILES string of the molecule is CCOC(=O)[C@H](CCc1ccccc1)N[C@@H](C)C(=O)N1CC=CCC1. The van der Waals surface area contributed by atoms with Crippen molar-refractivity contribution in [3.05, 3.63) is 48.0 Å². The van der Waals surface area contributed by atoms with Crippen LogP contribution in [0.15, 0.2) is 42.5 Å². The van der Waals surface area contributed by atoms with Crippen LogP contribution < -0.4 is 5.32 Å². The van der Waals surface area contributed by atoms with Crippen molar-refractivity contribution >= 4 is 11.9 Å². The highest BCUT2D eigenvalue weighted by atomic mass is 16.5. The third kappa shape index (κ3) is 6.02. The van der Waals surface area contributed by atoms with Crippen molar-refractivity contribution in [2.45, 2.75) is 45.2 Å². The van der Waals surface area contributed by atoms with Crippen LogP contribution in [0.4, 0.5) is 0 Å². The number of carbonyl (C=O) groups excluding carboxylic acids is 2. The van der Waals surface area contributed by atoms with Crippen LogP contribution >= 0.6 is 0 Å². The molecule has 0 spiro atoms.